The van der Waals surface area contributed by atoms with E-state index < -0.39 is 0 Å². The van der Waals surface area contributed by atoms with Gasteiger partial charge in [-0.3, -0.25) is 14.5 Å². The minimum atomic E-state index is -0.0239. The lowest BCUT2D eigenvalue weighted by molar-refractivity contribution is 0.104. The summed E-state index contributed by atoms with van der Waals surface area (Å²) in [7, 11) is 4.07. The van der Waals surface area contributed by atoms with Gasteiger partial charge in [-0.1, -0.05) is 0 Å². The number of nitrogens with one attached hydrogen (secondary N) is 2. The van der Waals surface area contributed by atoms with Crippen molar-refractivity contribution in [3.05, 3.63) is 41.7 Å². The van der Waals surface area contributed by atoms with Crippen molar-refractivity contribution >= 4 is 22.4 Å². The van der Waals surface area contributed by atoms with Crippen LogP contribution in [-0.2, 0) is 6.54 Å². The number of hydrogen-bond acceptors (Lipinski definition) is 7. The number of ketones is 1. The minimum absolute atomic E-state index is 0.0239. The molecule has 0 unspecified atom stereocenters. The van der Waals surface area contributed by atoms with Crippen LogP contribution in [0.25, 0.3) is 22.2 Å². The lowest BCUT2D eigenvalue weighted by Gasteiger charge is -2.18. The smallest absolute Gasteiger partial charge is 0.198 e. The lowest BCUT2D eigenvalue weighted by atomic mass is 9.87. The molecule has 0 saturated carbocycles. The zero-order chi connectivity index (χ0) is 20.4. The van der Waals surface area contributed by atoms with E-state index >= 15 is 0 Å². The summed E-state index contributed by atoms with van der Waals surface area (Å²) in [4.78, 5) is 19.6. The molecule has 2 aromatic heterocycles. The van der Waals surface area contributed by atoms with Gasteiger partial charge < -0.3 is 20.6 Å². The number of aliphatic hydroxyl groups is 1. The van der Waals surface area contributed by atoms with Crippen molar-refractivity contribution in [3.63, 3.8) is 0 Å². The summed E-state index contributed by atoms with van der Waals surface area (Å²) in [5.41, 5.74) is 4.71. The van der Waals surface area contributed by atoms with Gasteiger partial charge >= 0.3 is 0 Å². The number of nitrogens with zero attached hydrogens (tertiary/aromatic N) is 4. The summed E-state index contributed by atoms with van der Waals surface area (Å²) in [6, 6.07) is 5.86. The first-order valence-corrected chi connectivity index (χ1v) is 9.84. The van der Waals surface area contributed by atoms with Crippen LogP contribution in [0.2, 0.25) is 0 Å². The molecule has 0 saturated heterocycles. The topological polar surface area (TPSA) is 95.3 Å². The Kier molecular flexibility index (Phi) is 5.57. The molecule has 152 valence electrons. The maximum Gasteiger partial charge on any atom is 0.198 e. The predicted molar refractivity (Wildman–Crippen MR) is 113 cm³/mol. The quantitative estimate of drug-likeness (QED) is 0.367. The van der Waals surface area contributed by atoms with Crippen molar-refractivity contribution in [1.82, 2.24) is 25.0 Å². The monoisotopic (exact) mass is 394 g/mol. The Labute approximate surface area is 169 Å². The van der Waals surface area contributed by atoms with Crippen LogP contribution in [-0.4, -0.2) is 77.4 Å². The van der Waals surface area contributed by atoms with Gasteiger partial charge in [0.15, 0.2) is 5.78 Å². The summed E-state index contributed by atoms with van der Waals surface area (Å²) in [6.45, 7) is 3.60. The molecule has 0 radical (unpaired) electrons. The first kappa shape index (κ1) is 19.5. The number of hydrogen-bond donors (Lipinski definition) is 3. The second-order valence-corrected chi connectivity index (χ2v) is 7.41. The second-order valence-electron chi connectivity index (χ2n) is 7.41. The SMILES string of the molecule is CN(C)CCn1nc2c3c(c(NCCNCCO)ccc31)C(=O)c1cnccc1-2. The Bertz CT molecular complexity index is 1040. The lowest BCUT2D eigenvalue weighted by Crippen LogP contribution is -2.25. The van der Waals surface area contributed by atoms with Crippen LogP contribution in [0.1, 0.15) is 15.9 Å². The molecule has 3 N–H and O–H groups in total. The van der Waals surface area contributed by atoms with Crippen molar-refractivity contribution in [1.29, 1.82) is 0 Å². The number of anilines is 1. The van der Waals surface area contributed by atoms with Gasteiger partial charge in [0.1, 0.15) is 5.69 Å². The fourth-order valence-electron chi connectivity index (χ4n) is 3.71. The Balaban J connectivity index is 1.78. The second kappa shape index (κ2) is 8.28. The van der Waals surface area contributed by atoms with Crippen LogP contribution in [0.4, 0.5) is 5.69 Å². The number of fused-ring (bicyclic) bond motifs is 2. The molecule has 4 rings (SSSR count). The predicted octanol–water partition coefficient (Wildman–Crippen LogP) is 1.20. The number of pyridine rings is 1. The van der Waals surface area contributed by atoms with E-state index in [9.17, 15) is 4.79 Å². The van der Waals surface area contributed by atoms with E-state index in [1.807, 2.05) is 37.0 Å². The number of benzene rings is 1. The molecule has 1 aliphatic carbocycles. The highest BCUT2D eigenvalue weighted by Gasteiger charge is 2.31. The van der Waals surface area contributed by atoms with Gasteiger partial charge in [-0.25, -0.2) is 0 Å². The minimum Gasteiger partial charge on any atom is -0.395 e. The van der Waals surface area contributed by atoms with Crippen molar-refractivity contribution in [2.75, 3.05) is 52.2 Å². The van der Waals surface area contributed by atoms with Gasteiger partial charge in [0.2, 0.25) is 0 Å². The Morgan fingerprint density at radius 2 is 2.00 bits per heavy atom. The number of likely N-dealkylation sites (N-methyl/N-ethyl adjacent to an activating group) is 1. The number of carbonyl (C=O) groups is 1. The van der Waals surface area contributed by atoms with E-state index in [-0.39, 0.29) is 12.4 Å². The molecule has 2 heterocycles. The van der Waals surface area contributed by atoms with E-state index in [1.54, 1.807) is 12.4 Å². The van der Waals surface area contributed by atoms with Gasteiger partial charge in [-0.2, -0.15) is 5.10 Å². The van der Waals surface area contributed by atoms with Gasteiger partial charge in [0.05, 0.1) is 29.8 Å². The molecule has 29 heavy (non-hydrogen) atoms. The van der Waals surface area contributed by atoms with Crippen molar-refractivity contribution in [3.8, 4) is 11.3 Å². The average Bonchev–Trinajstić information content (AvgIpc) is 3.10. The normalized spacial score (nSPS) is 12.6. The average molecular weight is 394 g/mol. The van der Waals surface area contributed by atoms with Crippen LogP contribution in [0.3, 0.4) is 0 Å². The Hall–Kier alpha value is -2.81. The first-order valence-electron chi connectivity index (χ1n) is 9.84. The molecule has 8 nitrogen and oxygen atoms in total. The number of aliphatic hydroxyl groups excluding tert-OH is 1. The highest BCUT2D eigenvalue weighted by atomic mass is 16.3. The molecular formula is C21H26N6O2. The molecule has 1 aliphatic rings. The largest absolute Gasteiger partial charge is 0.395 e. The van der Waals surface area contributed by atoms with Gasteiger partial charge in [-0.15, -0.1) is 0 Å². The third-order valence-corrected chi connectivity index (χ3v) is 5.13. The van der Waals surface area contributed by atoms with E-state index in [0.717, 1.165) is 40.9 Å². The molecule has 0 bridgehead atoms. The van der Waals surface area contributed by atoms with E-state index in [4.69, 9.17) is 10.2 Å². The summed E-state index contributed by atoms with van der Waals surface area (Å²) in [6.07, 6.45) is 3.33. The van der Waals surface area contributed by atoms with Crippen molar-refractivity contribution in [2.24, 2.45) is 0 Å². The first-order chi connectivity index (χ1) is 14.1. The van der Waals surface area contributed by atoms with Crippen LogP contribution in [0, 0.1) is 0 Å². The third-order valence-electron chi connectivity index (χ3n) is 5.13. The summed E-state index contributed by atoms with van der Waals surface area (Å²) in [5.74, 6) is -0.0239. The zero-order valence-electron chi connectivity index (χ0n) is 16.8. The number of aromatic nitrogens is 3. The molecule has 8 heteroatoms. The molecule has 0 aliphatic heterocycles. The summed E-state index contributed by atoms with van der Waals surface area (Å²) in [5, 5.41) is 21.2. The third kappa shape index (κ3) is 3.62. The fraction of sp³-hybridized carbons (Fsp3) is 0.381. The van der Waals surface area contributed by atoms with Crippen LogP contribution < -0.4 is 10.6 Å². The van der Waals surface area contributed by atoms with E-state index in [2.05, 4.69) is 20.5 Å². The molecule has 0 fully saturated rings. The maximum absolute atomic E-state index is 13.4. The van der Waals surface area contributed by atoms with Gasteiger partial charge in [0.25, 0.3) is 0 Å². The molecule has 0 spiro atoms. The molecule has 0 amide bonds. The number of rotatable bonds is 9. The van der Waals surface area contributed by atoms with Crippen LogP contribution in [0.15, 0.2) is 30.6 Å². The highest BCUT2D eigenvalue weighted by Crippen LogP contribution is 2.41. The molecular weight excluding hydrogens is 368 g/mol. The maximum atomic E-state index is 13.4. The van der Waals surface area contributed by atoms with E-state index in [1.165, 1.54) is 0 Å². The standard InChI is InChI=1S/C21H26N6O2/c1-26(2)10-11-27-17-4-3-16(24-8-7-22-9-12-28)18-19(17)20(25-27)14-5-6-23-13-15(14)21(18)29/h3-6,13,22,24,28H,7-12H2,1-2H3. The fourth-order valence-corrected chi connectivity index (χ4v) is 3.71. The molecule has 1 aromatic carbocycles. The zero-order valence-corrected chi connectivity index (χ0v) is 16.8. The summed E-state index contributed by atoms with van der Waals surface area (Å²) < 4.78 is 1.99. The number of carbonyl (C=O) groups excluding carboxylic acids is 1. The van der Waals surface area contributed by atoms with E-state index in [0.29, 0.717) is 30.8 Å². The van der Waals surface area contributed by atoms with Crippen molar-refractivity contribution in [2.45, 2.75) is 6.54 Å². The Morgan fingerprint density at radius 1 is 1.14 bits per heavy atom. The highest BCUT2D eigenvalue weighted by molar-refractivity contribution is 6.27. The van der Waals surface area contributed by atoms with Crippen molar-refractivity contribution < 1.29 is 9.90 Å². The van der Waals surface area contributed by atoms with Crippen LogP contribution >= 0.6 is 0 Å². The molecule has 3 aromatic rings. The Morgan fingerprint density at radius 3 is 2.79 bits per heavy atom. The van der Waals surface area contributed by atoms with Gasteiger partial charge in [0, 0.05) is 55.2 Å². The molecule has 0 atom stereocenters. The van der Waals surface area contributed by atoms with Crippen LogP contribution in [0.5, 0.6) is 0 Å². The van der Waals surface area contributed by atoms with Gasteiger partial charge in [-0.05, 0) is 32.3 Å². The summed E-state index contributed by atoms with van der Waals surface area (Å²) >= 11 is 0.